The zero-order valence-corrected chi connectivity index (χ0v) is 15.5. The molecule has 0 fully saturated rings. The van der Waals surface area contributed by atoms with Crippen molar-refractivity contribution in [2.24, 2.45) is 11.8 Å². The summed E-state index contributed by atoms with van der Waals surface area (Å²) in [6.07, 6.45) is 22.2. The van der Waals surface area contributed by atoms with E-state index in [0.717, 1.165) is 19.3 Å². The first-order valence-electron chi connectivity index (χ1n) is 9.29. The molecule has 2 N–H and O–H groups in total. The lowest BCUT2D eigenvalue weighted by Gasteiger charge is -2.13. The third-order valence-electron chi connectivity index (χ3n) is 4.16. The van der Waals surface area contributed by atoms with E-state index in [2.05, 4.69) is 6.08 Å². The van der Waals surface area contributed by atoms with Crippen molar-refractivity contribution in [2.45, 2.75) is 51.6 Å². The van der Waals surface area contributed by atoms with Crippen molar-refractivity contribution < 1.29 is 19.8 Å². The molecule has 0 unspecified atom stereocenters. The summed E-state index contributed by atoms with van der Waals surface area (Å²) >= 11 is 0. The number of carboxylic acid groups (broad SMARTS) is 1. The number of carbonyl (C=O) groups is 2. The monoisotopic (exact) mass is 358 g/mol. The van der Waals surface area contributed by atoms with Crippen molar-refractivity contribution >= 4 is 11.8 Å². The van der Waals surface area contributed by atoms with E-state index in [9.17, 15) is 14.7 Å². The molecule has 0 bridgehead atoms. The van der Waals surface area contributed by atoms with E-state index in [0.29, 0.717) is 12.8 Å². The van der Waals surface area contributed by atoms with Gasteiger partial charge in [0, 0.05) is 12.3 Å². The summed E-state index contributed by atoms with van der Waals surface area (Å²) in [5, 5.41) is 18.5. The first kappa shape index (κ1) is 21.8. The zero-order chi connectivity index (χ0) is 19.2. The third-order valence-corrected chi connectivity index (χ3v) is 4.16. The molecule has 0 aromatic heterocycles. The molecule has 0 saturated carbocycles. The van der Waals surface area contributed by atoms with Gasteiger partial charge in [-0.2, -0.15) is 0 Å². The summed E-state index contributed by atoms with van der Waals surface area (Å²) < 4.78 is 0. The maximum atomic E-state index is 12.0. The molecule has 0 radical (unpaired) electrons. The van der Waals surface area contributed by atoms with Crippen molar-refractivity contribution in [1.82, 2.24) is 0 Å². The number of carbonyl (C=O) groups excluding carboxylic acids is 1. The number of hydrogen-bond acceptors (Lipinski definition) is 3. The molecule has 1 rings (SSSR count). The van der Waals surface area contributed by atoms with Crippen LogP contribution in [-0.4, -0.2) is 28.1 Å². The van der Waals surface area contributed by atoms with Crippen molar-refractivity contribution in [3.8, 4) is 0 Å². The van der Waals surface area contributed by atoms with Gasteiger partial charge in [-0.3, -0.25) is 9.59 Å². The lowest BCUT2D eigenvalue weighted by Crippen LogP contribution is -2.14. The summed E-state index contributed by atoms with van der Waals surface area (Å²) in [7, 11) is 0. The van der Waals surface area contributed by atoms with Crippen LogP contribution < -0.4 is 0 Å². The lowest BCUT2D eigenvalue weighted by atomic mass is 9.91. The number of aliphatic hydroxyl groups excluding tert-OH is 1. The van der Waals surface area contributed by atoms with Crippen LogP contribution >= 0.6 is 0 Å². The third kappa shape index (κ3) is 9.33. The number of ketones is 1. The summed E-state index contributed by atoms with van der Waals surface area (Å²) in [5.74, 6) is -0.766. The van der Waals surface area contributed by atoms with Crippen LogP contribution in [0.4, 0.5) is 0 Å². The van der Waals surface area contributed by atoms with Gasteiger partial charge in [-0.15, -0.1) is 0 Å². The number of hydrogen-bond donors (Lipinski definition) is 2. The molecule has 0 aromatic rings. The van der Waals surface area contributed by atoms with Gasteiger partial charge in [0.05, 0.1) is 6.10 Å². The van der Waals surface area contributed by atoms with Gasteiger partial charge in [0.25, 0.3) is 0 Å². The van der Waals surface area contributed by atoms with E-state index in [1.807, 2.05) is 49.5 Å². The van der Waals surface area contributed by atoms with Gasteiger partial charge in [0.15, 0.2) is 5.78 Å². The second-order valence-electron chi connectivity index (χ2n) is 6.37. The van der Waals surface area contributed by atoms with E-state index in [-0.39, 0.29) is 24.0 Å². The van der Waals surface area contributed by atoms with Crippen LogP contribution in [0, 0.1) is 11.8 Å². The smallest absolute Gasteiger partial charge is 0.303 e. The van der Waals surface area contributed by atoms with Gasteiger partial charge in [0.2, 0.25) is 0 Å². The Bertz CT molecular complexity index is 581. The van der Waals surface area contributed by atoms with E-state index < -0.39 is 12.1 Å². The molecule has 3 atom stereocenters. The number of aliphatic hydroxyl groups is 1. The van der Waals surface area contributed by atoms with Crippen LogP contribution in [0.5, 0.6) is 0 Å². The summed E-state index contributed by atoms with van der Waals surface area (Å²) in [5.41, 5.74) is 0. The highest BCUT2D eigenvalue weighted by Gasteiger charge is 2.26. The second-order valence-corrected chi connectivity index (χ2v) is 6.37. The van der Waals surface area contributed by atoms with Crippen molar-refractivity contribution in [2.75, 3.05) is 0 Å². The molecule has 1 aliphatic rings. The summed E-state index contributed by atoms with van der Waals surface area (Å²) in [4.78, 5) is 22.4. The Labute approximate surface area is 156 Å². The standard InChI is InChI=1S/C22H30O4/c1-2-3-8-12-19(23)15-16-20-18(14-17-21(20)24)11-9-6-4-5-7-10-13-22(25)26/h3,5-9,14-20,23H,2,4,10-13H2,1H3,(H,25,26)/b7-5-,8-3-,9-6-,16-15+/t18-,19+,20-/m1/s1. The lowest BCUT2D eigenvalue weighted by molar-refractivity contribution is -0.136. The summed E-state index contributed by atoms with van der Waals surface area (Å²) in [6.45, 7) is 2.05. The normalized spacial score (nSPS) is 21.8. The predicted octanol–water partition coefficient (Wildman–Crippen LogP) is 4.39. The second kappa shape index (κ2) is 13.1. The molecular formula is C22H30O4. The quantitative estimate of drug-likeness (QED) is 0.507. The van der Waals surface area contributed by atoms with E-state index >= 15 is 0 Å². The van der Waals surface area contributed by atoms with Crippen LogP contribution in [0.1, 0.15) is 45.4 Å². The molecule has 0 spiro atoms. The number of rotatable bonds is 12. The highest BCUT2D eigenvalue weighted by atomic mass is 16.4. The SMILES string of the molecule is CC/C=C\C[C@H](O)/C=C/[C@H]1C(=O)C=C[C@H]1C/C=C\C/C=C\CCC(=O)O. The van der Waals surface area contributed by atoms with E-state index in [1.54, 1.807) is 12.2 Å². The Morgan fingerprint density at radius 2 is 1.96 bits per heavy atom. The molecule has 0 aliphatic heterocycles. The topological polar surface area (TPSA) is 74.6 Å². The Balaban J connectivity index is 2.39. The minimum absolute atomic E-state index is 0.0875. The maximum Gasteiger partial charge on any atom is 0.303 e. The largest absolute Gasteiger partial charge is 0.481 e. The Morgan fingerprint density at radius 1 is 1.19 bits per heavy atom. The molecule has 0 amide bonds. The fourth-order valence-electron chi connectivity index (χ4n) is 2.70. The van der Waals surface area contributed by atoms with E-state index in [1.165, 1.54) is 0 Å². The predicted molar refractivity (Wildman–Crippen MR) is 105 cm³/mol. The molecular weight excluding hydrogens is 328 g/mol. The molecule has 1 aliphatic carbocycles. The molecule has 0 aromatic carbocycles. The Hall–Kier alpha value is -2.20. The molecule has 142 valence electrons. The van der Waals surface area contributed by atoms with Gasteiger partial charge in [-0.25, -0.2) is 0 Å². The van der Waals surface area contributed by atoms with Crippen LogP contribution in [0.3, 0.4) is 0 Å². The Kier molecular flexibility index (Phi) is 11.0. The average molecular weight is 358 g/mol. The van der Waals surface area contributed by atoms with Crippen LogP contribution in [-0.2, 0) is 9.59 Å². The van der Waals surface area contributed by atoms with Gasteiger partial charge in [0.1, 0.15) is 0 Å². The fraction of sp³-hybridized carbons (Fsp3) is 0.455. The van der Waals surface area contributed by atoms with Gasteiger partial charge >= 0.3 is 5.97 Å². The fourth-order valence-corrected chi connectivity index (χ4v) is 2.70. The van der Waals surface area contributed by atoms with Crippen LogP contribution in [0.25, 0.3) is 0 Å². The van der Waals surface area contributed by atoms with Crippen molar-refractivity contribution in [1.29, 1.82) is 0 Å². The highest BCUT2D eigenvalue weighted by molar-refractivity contribution is 5.95. The molecule has 4 nitrogen and oxygen atoms in total. The summed E-state index contributed by atoms with van der Waals surface area (Å²) in [6, 6.07) is 0. The molecule has 26 heavy (non-hydrogen) atoms. The average Bonchev–Trinajstić information content (AvgIpc) is 2.95. The van der Waals surface area contributed by atoms with E-state index in [4.69, 9.17) is 5.11 Å². The maximum absolute atomic E-state index is 12.0. The first-order valence-corrected chi connectivity index (χ1v) is 9.29. The molecule has 0 saturated heterocycles. The minimum Gasteiger partial charge on any atom is -0.481 e. The van der Waals surface area contributed by atoms with Gasteiger partial charge in [-0.1, -0.05) is 61.6 Å². The zero-order valence-electron chi connectivity index (χ0n) is 15.5. The van der Waals surface area contributed by atoms with Gasteiger partial charge in [-0.05, 0) is 44.1 Å². The number of carboxylic acids is 1. The molecule has 4 heteroatoms. The molecule has 0 heterocycles. The van der Waals surface area contributed by atoms with Crippen LogP contribution in [0.15, 0.2) is 60.8 Å². The number of allylic oxidation sites excluding steroid dienone is 8. The highest BCUT2D eigenvalue weighted by Crippen LogP contribution is 2.27. The van der Waals surface area contributed by atoms with Crippen LogP contribution in [0.2, 0.25) is 0 Å². The van der Waals surface area contributed by atoms with Crippen molar-refractivity contribution in [3.63, 3.8) is 0 Å². The minimum atomic E-state index is -0.784. The van der Waals surface area contributed by atoms with Crippen molar-refractivity contribution in [3.05, 3.63) is 60.8 Å². The van der Waals surface area contributed by atoms with Gasteiger partial charge < -0.3 is 10.2 Å². The first-order chi connectivity index (χ1) is 12.5. The Morgan fingerprint density at radius 3 is 2.69 bits per heavy atom. The number of aliphatic carboxylic acids is 1.